The first-order valence-electron chi connectivity index (χ1n) is 5.42. The SMILES string of the molecule is O=S(=O)([O-])C(F)(F)C(F)CCCCCCC(F)(F)F.[K+]. The molecule has 0 amide bonds. The predicted molar refractivity (Wildman–Crippen MR) is 53.3 cm³/mol. The Hall–Kier alpha value is 1.13. The maximum atomic E-state index is 12.9. The van der Waals surface area contributed by atoms with Crippen LogP contribution in [0.1, 0.15) is 38.5 Å². The number of rotatable bonds is 8. The van der Waals surface area contributed by atoms with Crippen LogP contribution in [-0.4, -0.2) is 30.6 Å². The molecular formula is C9H13F6KO3S. The Balaban J connectivity index is 0. The molecule has 0 rings (SSSR count). The summed E-state index contributed by atoms with van der Waals surface area (Å²) in [6.07, 6.45) is -9.67. The third-order valence-corrected chi connectivity index (χ3v) is 3.29. The van der Waals surface area contributed by atoms with E-state index in [9.17, 15) is 39.3 Å². The summed E-state index contributed by atoms with van der Waals surface area (Å²) in [5, 5.41) is -5.00. The van der Waals surface area contributed by atoms with Crippen LogP contribution in [-0.2, 0) is 10.1 Å². The Morgan fingerprint density at radius 1 is 0.950 bits per heavy atom. The molecule has 0 heterocycles. The van der Waals surface area contributed by atoms with Gasteiger partial charge in [0.25, 0.3) is 0 Å². The summed E-state index contributed by atoms with van der Waals surface area (Å²) in [6, 6.07) is 0. The molecule has 0 radical (unpaired) electrons. The van der Waals surface area contributed by atoms with Gasteiger partial charge < -0.3 is 4.55 Å². The van der Waals surface area contributed by atoms with E-state index in [4.69, 9.17) is 0 Å². The van der Waals surface area contributed by atoms with E-state index < -0.39 is 40.6 Å². The zero-order chi connectivity index (χ0) is 15.3. The second kappa shape index (κ2) is 9.31. The van der Waals surface area contributed by atoms with E-state index in [1.807, 2.05) is 0 Å². The van der Waals surface area contributed by atoms with Gasteiger partial charge in [-0.25, -0.2) is 12.8 Å². The number of unbranched alkanes of at least 4 members (excludes halogenated alkanes) is 3. The third kappa shape index (κ3) is 9.21. The maximum absolute atomic E-state index is 12.9. The summed E-state index contributed by atoms with van der Waals surface area (Å²) in [6.45, 7) is 0. The van der Waals surface area contributed by atoms with Crippen LogP contribution in [0.3, 0.4) is 0 Å². The van der Waals surface area contributed by atoms with E-state index in [-0.39, 0.29) is 77.1 Å². The number of alkyl halides is 6. The molecule has 0 saturated carbocycles. The van der Waals surface area contributed by atoms with E-state index in [0.717, 1.165) is 0 Å². The van der Waals surface area contributed by atoms with Crippen LogP contribution in [0.2, 0.25) is 0 Å². The van der Waals surface area contributed by atoms with Crippen molar-refractivity contribution < 1.29 is 90.7 Å². The van der Waals surface area contributed by atoms with Gasteiger partial charge in [-0.3, -0.25) is 0 Å². The van der Waals surface area contributed by atoms with Crippen LogP contribution in [0, 0.1) is 0 Å². The fraction of sp³-hybridized carbons (Fsp3) is 1.00. The third-order valence-electron chi connectivity index (χ3n) is 2.37. The van der Waals surface area contributed by atoms with Crippen molar-refractivity contribution in [1.29, 1.82) is 0 Å². The molecule has 0 fully saturated rings. The summed E-state index contributed by atoms with van der Waals surface area (Å²) in [4.78, 5) is 0. The minimum Gasteiger partial charge on any atom is -0.743 e. The average Bonchev–Trinajstić information content (AvgIpc) is 2.19. The van der Waals surface area contributed by atoms with Gasteiger partial charge in [0.15, 0.2) is 16.3 Å². The van der Waals surface area contributed by atoms with Gasteiger partial charge in [0, 0.05) is 6.42 Å². The van der Waals surface area contributed by atoms with Crippen molar-refractivity contribution in [2.24, 2.45) is 0 Å². The number of hydrogen-bond acceptors (Lipinski definition) is 3. The van der Waals surface area contributed by atoms with Gasteiger partial charge in [0.05, 0.1) is 0 Å². The quantitative estimate of drug-likeness (QED) is 0.274. The number of hydrogen-bond donors (Lipinski definition) is 0. The first-order chi connectivity index (χ1) is 8.38. The van der Waals surface area contributed by atoms with Crippen molar-refractivity contribution >= 4 is 10.1 Å². The predicted octanol–water partition coefficient (Wildman–Crippen LogP) is 0.369. The Morgan fingerprint density at radius 2 is 1.40 bits per heavy atom. The summed E-state index contributed by atoms with van der Waals surface area (Å²) in [5.74, 6) is 0. The largest absolute Gasteiger partial charge is 1.00 e. The molecule has 1 unspecified atom stereocenters. The zero-order valence-corrected chi connectivity index (χ0v) is 14.7. The second-order valence-corrected chi connectivity index (χ2v) is 5.50. The monoisotopic (exact) mass is 354 g/mol. The van der Waals surface area contributed by atoms with Crippen LogP contribution in [0.25, 0.3) is 0 Å². The van der Waals surface area contributed by atoms with Crippen molar-refractivity contribution in [3.05, 3.63) is 0 Å². The minimum atomic E-state index is -6.08. The smallest absolute Gasteiger partial charge is 0.743 e. The number of halogens is 6. The van der Waals surface area contributed by atoms with E-state index in [1.54, 1.807) is 0 Å². The Kier molecular flexibility index (Phi) is 10.9. The topological polar surface area (TPSA) is 57.2 Å². The van der Waals surface area contributed by atoms with Gasteiger partial charge in [0.2, 0.25) is 0 Å². The molecule has 11 heteroatoms. The first kappa shape index (κ1) is 23.4. The minimum absolute atomic E-state index is 0. The van der Waals surface area contributed by atoms with Gasteiger partial charge in [-0.2, -0.15) is 22.0 Å². The Morgan fingerprint density at radius 3 is 1.80 bits per heavy atom. The van der Waals surface area contributed by atoms with Crippen molar-refractivity contribution in [2.75, 3.05) is 0 Å². The van der Waals surface area contributed by atoms with Crippen molar-refractivity contribution in [2.45, 2.75) is 56.1 Å². The molecule has 0 aliphatic rings. The van der Waals surface area contributed by atoms with Crippen molar-refractivity contribution in [1.82, 2.24) is 0 Å². The van der Waals surface area contributed by atoms with Gasteiger partial charge in [-0.1, -0.05) is 19.3 Å². The van der Waals surface area contributed by atoms with E-state index >= 15 is 0 Å². The van der Waals surface area contributed by atoms with Crippen LogP contribution in [0.5, 0.6) is 0 Å². The Bertz CT molecular complexity index is 370. The first-order valence-corrected chi connectivity index (χ1v) is 6.83. The van der Waals surface area contributed by atoms with Gasteiger partial charge in [-0.05, 0) is 12.8 Å². The molecule has 20 heavy (non-hydrogen) atoms. The van der Waals surface area contributed by atoms with Crippen LogP contribution in [0.15, 0.2) is 0 Å². The fourth-order valence-electron chi connectivity index (χ4n) is 1.33. The van der Waals surface area contributed by atoms with Gasteiger partial charge in [-0.15, -0.1) is 0 Å². The summed E-state index contributed by atoms with van der Waals surface area (Å²) in [5.41, 5.74) is 0. The molecule has 0 aromatic rings. The van der Waals surface area contributed by atoms with Crippen molar-refractivity contribution in [3.8, 4) is 0 Å². The molecule has 0 aromatic heterocycles. The zero-order valence-electron chi connectivity index (χ0n) is 10.7. The average molecular weight is 354 g/mol. The van der Waals surface area contributed by atoms with Gasteiger partial charge in [0.1, 0.15) is 0 Å². The molecular weight excluding hydrogens is 341 g/mol. The van der Waals surface area contributed by atoms with E-state index in [0.29, 0.717) is 0 Å². The normalized spacial score (nSPS) is 14.8. The molecule has 0 aromatic carbocycles. The molecule has 1 atom stereocenters. The summed E-state index contributed by atoms with van der Waals surface area (Å²) in [7, 11) is -6.08. The summed E-state index contributed by atoms with van der Waals surface area (Å²) >= 11 is 0. The molecule has 0 spiro atoms. The summed E-state index contributed by atoms with van der Waals surface area (Å²) < 4.78 is 103. The van der Waals surface area contributed by atoms with Crippen LogP contribution >= 0.6 is 0 Å². The molecule has 0 aliphatic heterocycles. The van der Waals surface area contributed by atoms with Crippen LogP contribution in [0.4, 0.5) is 26.3 Å². The molecule has 0 bridgehead atoms. The molecule has 0 aliphatic carbocycles. The molecule has 3 nitrogen and oxygen atoms in total. The fourth-order valence-corrected chi connectivity index (χ4v) is 1.76. The standard InChI is InChI=1S/C9H14F6O3S.K/c10-7(9(14,15)19(16,17)18)5-3-1-2-4-6-8(11,12)13;/h7H,1-6H2,(H,16,17,18);/q;+1/p-1. The van der Waals surface area contributed by atoms with E-state index in [1.165, 1.54) is 0 Å². The Labute approximate surface area is 155 Å². The van der Waals surface area contributed by atoms with Gasteiger partial charge >= 0.3 is 62.8 Å². The maximum Gasteiger partial charge on any atom is 1.00 e. The second-order valence-electron chi connectivity index (χ2n) is 4.05. The molecule has 0 N–H and O–H groups in total. The van der Waals surface area contributed by atoms with Crippen LogP contribution < -0.4 is 51.4 Å². The van der Waals surface area contributed by atoms with E-state index in [2.05, 4.69) is 0 Å². The molecule has 0 saturated heterocycles. The molecule has 116 valence electrons. The van der Waals surface area contributed by atoms with Crippen molar-refractivity contribution in [3.63, 3.8) is 0 Å².